The number of benzene rings is 1. The molecule has 0 amide bonds. The Kier molecular flexibility index (Phi) is 3.85. The highest BCUT2D eigenvalue weighted by molar-refractivity contribution is 7.71. The number of hydrogen-bond acceptors (Lipinski definition) is 1. The average Bonchev–Trinajstić information content (AvgIpc) is 2.65. The maximum Gasteiger partial charge on any atom is 0.178 e. The van der Waals surface area contributed by atoms with E-state index in [-0.39, 0.29) is 11.9 Å². The number of rotatable bonds is 4. The van der Waals surface area contributed by atoms with Crippen LogP contribution in [0.5, 0.6) is 0 Å². The van der Waals surface area contributed by atoms with E-state index in [0.29, 0.717) is 10.7 Å². The van der Waals surface area contributed by atoms with Gasteiger partial charge in [-0.05, 0) is 43.3 Å². The van der Waals surface area contributed by atoms with E-state index in [1.165, 1.54) is 6.07 Å². The standard InChI is InChI=1S/C14H19FN2S/c1-4-10(5-2)9(3)17-13-8-11(15)6-7-12(13)16-14(17)18/h6-10H,4-5H2,1-3H3,(H,16,18). The van der Waals surface area contributed by atoms with Crippen LogP contribution in [0.1, 0.15) is 39.7 Å². The summed E-state index contributed by atoms with van der Waals surface area (Å²) < 4.78 is 16.1. The molecular formula is C14H19FN2S. The quantitative estimate of drug-likeness (QED) is 0.786. The maximum atomic E-state index is 13.4. The van der Waals surface area contributed by atoms with Gasteiger partial charge in [0.1, 0.15) is 5.82 Å². The van der Waals surface area contributed by atoms with E-state index in [1.54, 1.807) is 12.1 Å². The van der Waals surface area contributed by atoms with Crippen molar-refractivity contribution in [1.29, 1.82) is 0 Å². The molecule has 1 unspecified atom stereocenters. The molecule has 0 spiro atoms. The van der Waals surface area contributed by atoms with E-state index in [0.717, 1.165) is 23.9 Å². The van der Waals surface area contributed by atoms with E-state index in [4.69, 9.17) is 12.2 Å². The molecular weight excluding hydrogens is 247 g/mol. The zero-order chi connectivity index (χ0) is 13.3. The van der Waals surface area contributed by atoms with Gasteiger partial charge in [0.2, 0.25) is 0 Å². The van der Waals surface area contributed by atoms with E-state index < -0.39 is 0 Å². The maximum absolute atomic E-state index is 13.4. The van der Waals surface area contributed by atoms with Gasteiger partial charge < -0.3 is 9.55 Å². The van der Waals surface area contributed by atoms with Crippen LogP contribution in [0.4, 0.5) is 4.39 Å². The van der Waals surface area contributed by atoms with Crippen LogP contribution in [0.3, 0.4) is 0 Å². The van der Waals surface area contributed by atoms with Crippen LogP contribution < -0.4 is 0 Å². The van der Waals surface area contributed by atoms with Gasteiger partial charge in [0.25, 0.3) is 0 Å². The van der Waals surface area contributed by atoms with E-state index in [1.807, 2.05) is 4.57 Å². The second kappa shape index (κ2) is 5.22. The van der Waals surface area contributed by atoms with Crippen LogP contribution in [-0.4, -0.2) is 9.55 Å². The first-order valence-corrected chi connectivity index (χ1v) is 6.89. The molecule has 0 bridgehead atoms. The van der Waals surface area contributed by atoms with Gasteiger partial charge >= 0.3 is 0 Å². The van der Waals surface area contributed by atoms with Crippen molar-refractivity contribution >= 4 is 23.3 Å². The SMILES string of the molecule is CCC(CC)C(C)n1c(=S)[nH]c2ccc(F)cc21. The summed E-state index contributed by atoms with van der Waals surface area (Å²) >= 11 is 5.37. The Balaban J connectivity index is 2.59. The number of aromatic amines is 1. The molecule has 1 heterocycles. The molecule has 1 aromatic heterocycles. The largest absolute Gasteiger partial charge is 0.331 e. The van der Waals surface area contributed by atoms with Crippen molar-refractivity contribution < 1.29 is 4.39 Å². The fourth-order valence-electron chi connectivity index (χ4n) is 2.68. The Labute approximate surface area is 112 Å². The Morgan fingerprint density at radius 1 is 1.33 bits per heavy atom. The van der Waals surface area contributed by atoms with Gasteiger partial charge in [-0.3, -0.25) is 0 Å². The van der Waals surface area contributed by atoms with Crippen LogP contribution in [-0.2, 0) is 0 Å². The summed E-state index contributed by atoms with van der Waals surface area (Å²) in [7, 11) is 0. The molecule has 0 aliphatic carbocycles. The van der Waals surface area contributed by atoms with Crippen molar-refractivity contribution in [2.45, 2.75) is 39.7 Å². The molecule has 4 heteroatoms. The Morgan fingerprint density at radius 3 is 2.61 bits per heavy atom. The minimum atomic E-state index is -0.220. The Hall–Kier alpha value is -1.16. The van der Waals surface area contributed by atoms with Crippen molar-refractivity contribution in [2.75, 3.05) is 0 Å². The number of fused-ring (bicyclic) bond motifs is 1. The molecule has 18 heavy (non-hydrogen) atoms. The lowest BCUT2D eigenvalue weighted by Crippen LogP contribution is -2.15. The number of nitrogens with zero attached hydrogens (tertiary/aromatic N) is 1. The van der Waals surface area contributed by atoms with E-state index >= 15 is 0 Å². The first-order chi connectivity index (χ1) is 8.58. The number of nitrogens with one attached hydrogen (secondary N) is 1. The molecule has 98 valence electrons. The number of H-pyrrole nitrogens is 1. The molecule has 2 rings (SSSR count). The second-order valence-electron chi connectivity index (χ2n) is 4.78. The summed E-state index contributed by atoms with van der Waals surface area (Å²) in [6, 6.07) is 5.04. The third-order valence-corrected chi connectivity index (χ3v) is 4.12. The zero-order valence-corrected chi connectivity index (χ0v) is 11.9. The molecule has 1 atom stereocenters. The molecule has 0 radical (unpaired) electrons. The average molecular weight is 266 g/mol. The summed E-state index contributed by atoms with van der Waals surface area (Å²) in [4.78, 5) is 3.15. The molecule has 0 saturated heterocycles. The fourth-order valence-corrected chi connectivity index (χ4v) is 3.06. The monoisotopic (exact) mass is 266 g/mol. The molecule has 0 aliphatic heterocycles. The van der Waals surface area contributed by atoms with Crippen LogP contribution in [0.25, 0.3) is 11.0 Å². The first kappa shape index (κ1) is 13.3. The predicted octanol–water partition coefficient (Wildman–Crippen LogP) is 4.84. The zero-order valence-electron chi connectivity index (χ0n) is 11.0. The normalized spacial score (nSPS) is 13.4. The van der Waals surface area contributed by atoms with Gasteiger partial charge in [-0.1, -0.05) is 26.7 Å². The number of halogens is 1. The molecule has 2 nitrogen and oxygen atoms in total. The molecule has 0 saturated carbocycles. The third kappa shape index (κ3) is 2.21. The lowest BCUT2D eigenvalue weighted by atomic mass is 9.95. The van der Waals surface area contributed by atoms with Gasteiger partial charge in [-0.15, -0.1) is 0 Å². The van der Waals surface area contributed by atoms with Crippen molar-refractivity contribution in [3.05, 3.63) is 28.8 Å². The molecule has 0 fully saturated rings. The van der Waals surface area contributed by atoms with E-state index in [2.05, 4.69) is 25.8 Å². The van der Waals surface area contributed by atoms with Gasteiger partial charge in [0.05, 0.1) is 11.0 Å². The van der Waals surface area contributed by atoms with Crippen molar-refractivity contribution in [3.63, 3.8) is 0 Å². The highest BCUT2D eigenvalue weighted by Crippen LogP contribution is 2.28. The summed E-state index contributed by atoms with van der Waals surface area (Å²) in [5, 5.41) is 0. The van der Waals surface area contributed by atoms with Gasteiger partial charge in [0.15, 0.2) is 4.77 Å². The van der Waals surface area contributed by atoms with Crippen molar-refractivity contribution in [2.24, 2.45) is 5.92 Å². The highest BCUT2D eigenvalue weighted by Gasteiger charge is 2.18. The van der Waals surface area contributed by atoms with Crippen LogP contribution in [0.2, 0.25) is 0 Å². The van der Waals surface area contributed by atoms with Crippen molar-refractivity contribution in [3.8, 4) is 0 Å². The summed E-state index contributed by atoms with van der Waals surface area (Å²) in [6.45, 7) is 6.53. The summed E-state index contributed by atoms with van der Waals surface area (Å²) in [5.41, 5.74) is 1.76. The summed E-state index contributed by atoms with van der Waals surface area (Å²) in [6.07, 6.45) is 2.20. The smallest absolute Gasteiger partial charge is 0.178 e. The third-order valence-electron chi connectivity index (χ3n) is 3.82. The fraction of sp³-hybridized carbons (Fsp3) is 0.500. The Morgan fingerprint density at radius 2 is 2.00 bits per heavy atom. The number of hydrogen-bond donors (Lipinski definition) is 1. The van der Waals surface area contributed by atoms with Crippen molar-refractivity contribution in [1.82, 2.24) is 9.55 Å². The number of imidazole rings is 1. The lowest BCUT2D eigenvalue weighted by molar-refractivity contribution is 0.337. The Bertz CT molecular complexity index is 595. The van der Waals surface area contributed by atoms with Gasteiger partial charge in [-0.25, -0.2) is 4.39 Å². The van der Waals surface area contributed by atoms with Crippen LogP contribution >= 0.6 is 12.2 Å². The lowest BCUT2D eigenvalue weighted by Gasteiger charge is -2.23. The predicted molar refractivity (Wildman–Crippen MR) is 75.9 cm³/mol. The molecule has 0 aliphatic rings. The molecule has 1 N–H and O–H groups in total. The highest BCUT2D eigenvalue weighted by atomic mass is 32.1. The topological polar surface area (TPSA) is 20.7 Å². The first-order valence-electron chi connectivity index (χ1n) is 6.48. The summed E-state index contributed by atoms with van der Waals surface area (Å²) in [5.74, 6) is 0.334. The van der Waals surface area contributed by atoms with Crippen LogP contribution in [0.15, 0.2) is 18.2 Å². The van der Waals surface area contributed by atoms with Crippen LogP contribution in [0, 0.1) is 16.5 Å². The van der Waals surface area contributed by atoms with E-state index in [9.17, 15) is 4.39 Å². The van der Waals surface area contributed by atoms with Gasteiger partial charge in [-0.2, -0.15) is 0 Å². The second-order valence-corrected chi connectivity index (χ2v) is 5.17. The minimum Gasteiger partial charge on any atom is -0.331 e. The number of aromatic nitrogens is 2. The van der Waals surface area contributed by atoms with Gasteiger partial charge in [0, 0.05) is 6.04 Å². The molecule has 1 aromatic carbocycles. The minimum absolute atomic E-state index is 0.220. The molecule has 2 aromatic rings.